The van der Waals surface area contributed by atoms with Gasteiger partial charge in [0.05, 0.1) is 12.6 Å². The van der Waals surface area contributed by atoms with Crippen molar-refractivity contribution in [3.05, 3.63) is 29.3 Å². The minimum absolute atomic E-state index is 0. The Bertz CT molecular complexity index is 462. The van der Waals surface area contributed by atoms with Crippen LogP contribution in [-0.4, -0.2) is 25.1 Å². The molecule has 120 valence electrons. The van der Waals surface area contributed by atoms with E-state index in [0.717, 1.165) is 29.7 Å². The zero-order chi connectivity index (χ0) is 15.2. The molecule has 1 amide bonds. The van der Waals surface area contributed by atoms with Gasteiger partial charge >= 0.3 is 0 Å². The van der Waals surface area contributed by atoms with Crippen LogP contribution < -0.4 is 15.8 Å². The number of ether oxygens (including phenoxy) is 1. The van der Waals surface area contributed by atoms with Crippen molar-refractivity contribution < 1.29 is 9.53 Å². The first kappa shape index (κ1) is 19.7. The molecule has 0 spiro atoms. The first-order valence-electron chi connectivity index (χ1n) is 7.11. The molecule has 4 nitrogen and oxygen atoms in total. The molecule has 0 aliphatic rings. The van der Waals surface area contributed by atoms with Gasteiger partial charge in [0.1, 0.15) is 5.75 Å². The van der Waals surface area contributed by atoms with Gasteiger partial charge < -0.3 is 15.8 Å². The van der Waals surface area contributed by atoms with Crippen LogP contribution in [0.25, 0.3) is 0 Å². The summed E-state index contributed by atoms with van der Waals surface area (Å²) in [5, 5.41) is 2.90. The highest BCUT2D eigenvalue weighted by molar-refractivity contribution is 5.85. The highest BCUT2D eigenvalue weighted by atomic mass is 35.5. The van der Waals surface area contributed by atoms with Gasteiger partial charge in [-0.15, -0.1) is 12.4 Å². The van der Waals surface area contributed by atoms with Crippen molar-refractivity contribution in [2.75, 3.05) is 13.7 Å². The van der Waals surface area contributed by atoms with E-state index in [2.05, 4.69) is 11.4 Å². The van der Waals surface area contributed by atoms with Gasteiger partial charge in [-0.25, -0.2) is 0 Å². The summed E-state index contributed by atoms with van der Waals surface area (Å²) >= 11 is 0. The van der Waals surface area contributed by atoms with Crippen LogP contribution in [0, 0.1) is 6.92 Å². The fourth-order valence-electron chi connectivity index (χ4n) is 2.18. The fourth-order valence-corrected chi connectivity index (χ4v) is 2.18. The zero-order valence-corrected chi connectivity index (χ0v) is 14.2. The van der Waals surface area contributed by atoms with Gasteiger partial charge in [0.2, 0.25) is 5.91 Å². The predicted molar refractivity (Wildman–Crippen MR) is 89.2 cm³/mol. The number of carbonyl (C=O) groups excluding carboxylic acids is 1. The van der Waals surface area contributed by atoms with Crippen LogP contribution in [0.2, 0.25) is 0 Å². The fraction of sp³-hybridized carbons (Fsp3) is 0.562. The minimum Gasteiger partial charge on any atom is -0.496 e. The Morgan fingerprint density at radius 1 is 1.43 bits per heavy atom. The second kappa shape index (κ2) is 8.90. The largest absolute Gasteiger partial charge is 0.496 e. The van der Waals surface area contributed by atoms with Crippen LogP contribution >= 0.6 is 12.4 Å². The molecule has 21 heavy (non-hydrogen) atoms. The summed E-state index contributed by atoms with van der Waals surface area (Å²) in [6, 6.07) is 6.09. The van der Waals surface area contributed by atoms with Crippen molar-refractivity contribution in [2.24, 2.45) is 5.73 Å². The Hall–Kier alpha value is -1.26. The number of nitrogens with one attached hydrogen (secondary N) is 1. The highest BCUT2D eigenvalue weighted by Crippen LogP contribution is 2.19. The molecule has 0 saturated heterocycles. The topological polar surface area (TPSA) is 64.4 Å². The summed E-state index contributed by atoms with van der Waals surface area (Å²) in [5.74, 6) is 0.793. The summed E-state index contributed by atoms with van der Waals surface area (Å²) < 4.78 is 5.29. The quantitative estimate of drug-likeness (QED) is 0.813. The summed E-state index contributed by atoms with van der Waals surface area (Å²) in [6.45, 7) is 6.40. The lowest BCUT2D eigenvalue weighted by molar-refractivity contribution is -0.126. The average molecular weight is 315 g/mol. The van der Waals surface area contributed by atoms with Gasteiger partial charge in [-0.05, 0) is 43.9 Å². The van der Waals surface area contributed by atoms with Crippen molar-refractivity contribution in [1.29, 1.82) is 0 Å². The molecule has 0 aliphatic carbocycles. The number of carbonyl (C=O) groups is 1. The molecular formula is C16H27ClN2O2. The van der Waals surface area contributed by atoms with E-state index in [1.54, 1.807) is 14.0 Å². The third-order valence-corrected chi connectivity index (χ3v) is 3.46. The molecule has 0 aliphatic heterocycles. The molecular weight excluding hydrogens is 288 g/mol. The van der Waals surface area contributed by atoms with E-state index in [4.69, 9.17) is 10.5 Å². The Morgan fingerprint density at radius 3 is 2.67 bits per heavy atom. The van der Waals surface area contributed by atoms with Gasteiger partial charge in [0.15, 0.2) is 0 Å². The molecule has 1 aromatic rings. The molecule has 0 radical (unpaired) electrons. The lowest BCUT2D eigenvalue weighted by Crippen LogP contribution is -2.51. The summed E-state index contributed by atoms with van der Waals surface area (Å²) in [4.78, 5) is 12.0. The Kier molecular flexibility index (Phi) is 8.37. The monoisotopic (exact) mass is 314 g/mol. The first-order valence-corrected chi connectivity index (χ1v) is 7.11. The van der Waals surface area contributed by atoms with E-state index in [1.807, 2.05) is 26.0 Å². The number of aryl methyl sites for hydroxylation is 1. The minimum atomic E-state index is -0.778. The molecule has 1 atom stereocenters. The van der Waals surface area contributed by atoms with Crippen molar-refractivity contribution in [2.45, 2.75) is 45.6 Å². The standard InChI is InChI=1S/C16H26N2O2.ClH/c1-5-9-16(3,17)15(19)18-10-8-13-7-6-12(2)14(11-13)20-4;/h6-7,11H,5,8-10,17H2,1-4H3,(H,18,19);1H. The normalized spacial score (nSPS) is 13.0. The Morgan fingerprint density at radius 2 is 2.10 bits per heavy atom. The second-order valence-electron chi connectivity index (χ2n) is 5.48. The molecule has 1 rings (SSSR count). The van der Waals surface area contributed by atoms with E-state index in [-0.39, 0.29) is 18.3 Å². The first-order chi connectivity index (χ1) is 9.40. The number of benzene rings is 1. The van der Waals surface area contributed by atoms with Crippen LogP contribution in [0.5, 0.6) is 5.75 Å². The number of methoxy groups -OCH3 is 1. The van der Waals surface area contributed by atoms with Gasteiger partial charge in [-0.3, -0.25) is 4.79 Å². The summed E-state index contributed by atoms with van der Waals surface area (Å²) in [7, 11) is 1.67. The average Bonchev–Trinajstić information content (AvgIpc) is 2.40. The van der Waals surface area contributed by atoms with Crippen LogP contribution in [0.4, 0.5) is 0 Å². The Labute approximate surface area is 133 Å². The summed E-state index contributed by atoms with van der Waals surface area (Å²) in [6.07, 6.45) is 2.36. The molecule has 1 aromatic carbocycles. The van der Waals surface area contributed by atoms with E-state index >= 15 is 0 Å². The van der Waals surface area contributed by atoms with E-state index in [1.165, 1.54) is 0 Å². The van der Waals surface area contributed by atoms with E-state index in [0.29, 0.717) is 13.0 Å². The second-order valence-corrected chi connectivity index (χ2v) is 5.48. The molecule has 1 unspecified atom stereocenters. The van der Waals surface area contributed by atoms with Crippen molar-refractivity contribution in [3.63, 3.8) is 0 Å². The number of nitrogens with two attached hydrogens (primary N) is 1. The number of amides is 1. The number of hydrogen-bond acceptors (Lipinski definition) is 3. The van der Waals surface area contributed by atoms with Crippen molar-refractivity contribution >= 4 is 18.3 Å². The maximum absolute atomic E-state index is 12.0. The van der Waals surface area contributed by atoms with Crippen LogP contribution in [0.3, 0.4) is 0 Å². The molecule has 0 heterocycles. The highest BCUT2D eigenvalue weighted by Gasteiger charge is 2.26. The van der Waals surface area contributed by atoms with Crippen molar-refractivity contribution in [3.8, 4) is 5.75 Å². The molecule has 3 N–H and O–H groups in total. The van der Waals surface area contributed by atoms with Crippen LogP contribution in [0.1, 0.15) is 37.8 Å². The predicted octanol–water partition coefficient (Wildman–Crippen LogP) is 2.60. The third kappa shape index (κ3) is 5.94. The zero-order valence-electron chi connectivity index (χ0n) is 13.4. The smallest absolute Gasteiger partial charge is 0.239 e. The molecule has 0 bridgehead atoms. The number of rotatable bonds is 7. The van der Waals surface area contributed by atoms with Gasteiger partial charge in [0.25, 0.3) is 0 Å². The molecule has 0 saturated carbocycles. The van der Waals surface area contributed by atoms with Crippen LogP contribution in [-0.2, 0) is 11.2 Å². The lowest BCUT2D eigenvalue weighted by atomic mass is 9.96. The summed E-state index contributed by atoms with van der Waals surface area (Å²) in [5.41, 5.74) is 7.46. The van der Waals surface area contributed by atoms with Gasteiger partial charge in [-0.2, -0.15) is 0 Å². The Balaban J connectivity index is 0.00000400. The van der Waals surface area contributed by atoms with E-state index in [9.17, 15) is 4.79 Å². The maximum Gasteiger partial charge on any atom is 0.239 e. The number of halogens is 1. The van der Waals surface area contributed by atoms with Gasteiger partial charge in [-0.1, -0.05) is 25.5 Å². The van der Waals surface area contributed by atoms with Gasteiger partial charge in [0, 0.05) is 6.54 Å². The van der Waals surface area contributed by atoms with E-state index < -0.39 is 5.54 Å². The van der Waals surface area contributed by atoms with Crippen molar-refractivity contribution in [1.82, 2.24) is 5.32 Å². The molecule has 0 aromatic heterocycles. The van der Waals surface area contributed by atoms with Crippen LogP contribution in [0.15, 0.2) is 18.2 Å². The maximum atomic E-state index is 12.0. The SMILES string of the molecule is CCCC(C)(N)C(=O)NCCc1ccc(C)c(OC)c1.Cl. The molecule has 5 heteroatoms. The third-order valence-electron chi connectivity index (χ3n) is 3.46. The lowest BCUT2D eigenvalue weighted by Gasteiger charge is -2.22. The number of hydrogen-bond donors (Lipinski definition) is 2. The molecule has 0 fully saturated rings.